The summed E-state index contributed by atoms with van der Waals surface area (Å²) in [6.45, 7) is 0.586. The van der Waals surface area contributed by atoms with Crippen LogP contribution in [0.3, 0.4) is 0 Å². The van der Waals surface area contributed by atoms with Gasteiger partial charge in [0.2, 0.25) is 0 Å². The van der Waals surface area contributed by atoms with Crippen LogP contribution in [-0.2, 0) is 6.54 Å². The van der Waals surface area contributed by atoms with Crippen LogP contribution in [0.1, 0.15) is 31.2 Å². The summed E-state index contributed by atoms with van der Waals surface area (Å²) >= 11 is 5.85. The third-order valence-corrected chi connectivity index (χ3v) is 4.63. The Morgan fingerprint density at radius 1 is 1.38 bits per heavy atom. The van der Waals surface area contributed by atoms with E-state index in [1.165, 1.54) is 6.07 Å². The largest absolute Gasteiger partial charge is 0.317 e. The lowest BCUT2D eigenvalue weighted by Gasteiger charge is -2.34. The molecular weight excluding hydrogens is 290 g/mol. The first-order valence-corrected chi connectivity index (χ1v) is 7.69. The predicted molar refractivity (Wildman–Crippen MR) is 84.7 cm³/mol. The Morgan fingerprint density at radius 3 is 2.62 bits per heavy atom. The van der Waals surface area contributed by atoms with Crippen LogP contribution >= 0.6 is 11.6 Å². The van der Waals surface area contributed by atoms with Gasteiger partial charge in [0.25, 0.3) is 5.69 Å². The van der Waals surface area contributed by atoms with Crippen molar-refractivity contribution in [2.24, 2.45) is 0 Å². The highest BCUT2D eigenvalue weighted by atomic mass is 35.5. The van der Waals surface area contributed by atoms with E-state index in [4.69, 9.17) is 11.6 Å². The van der Waals surface area contributed by atoms with Crippen molar-refractivity contribution >= 4 is 17.3 Å². The fourth-order valence-electron chi connectivity index (χ4n) is 3.04. The molecule has 1 aliphatic rings. The van der Waals surface area contributed by atoms with Crippen LogP contribution in [0.2, 0.25) is 5.02 Å². The van der Waals surface area contributed by atoms with Crippen LogP contribution in [0.15, 0.2) is 18.2 Å². The van der Waals surface area contributed by atoms with Crippen molar-refractivity contribution in [1.29, 1.82) is 0 Å². The second-order valence-electron chi connectivity index (χ2n) is 5.74. The summed E-state index contributed by atoms with van der Waals surface area (Å²) in [4.78, 5) is 13.0. The molecule has 0 radical (unpaired) electrons. The Labute approximate surface area is 130 Å². The standard InChI is InChI=1S/C15H22ClN3O2/c1-17-13-5-7-14(8-6-13)18(2)10-11-3-4-12(16)9-15(11)19(20)21/h3-4,9,13-14,17H,5-8,10H2,1-2H3. The summed E-state index contributed by atoms with van der Waals surface area (Å²) in [6, 6.07) is 6.01. The molecule has 0 atom stereocenters. The van der Waals surface area contributed by atoms with Crippen LogP contribution in [0.4, 0.5) is 5.69 Å². The van der Waals surface area contributed by atoms with Gasteiger partial charge in [0.15, 0.2) is 0 Å². The maximum atomic E-state index is 11.1. The topological polar surface area (TPSA) is 58.4 Å². The number of nitrogens with one attached hydrogen (secondary N) is 1. The molecule has 1 N–H and O–H groups in total. The van der Waals surface area contributed by atoms with Crippen LogP contribution < -0.4 is 5.32 Å². The Bertz CT molecular complexity index is 502. The minimum Gasteiger partial charge on any atom is -0.317 e. The molecule has 0 spiro atoms. The average Bonchev–Trinajstić information content (AvgIpc) is 2.49. The summed E-state index contributed by atoms with van der Waals surface area (Å²) in [5.41, 5.74) is 0.834. The van der Waals surface area contributed by atoms with Gasteiger partial charge in [0.05, 0.1) is 4.92 Å². The van der Waals surface area contributed by atoms with E-state index < -0.39 is 0 Å². The van der Waals surface area contributed by atoms with Gasteiger partial charge < -0.3 is 5.32 Å². The monoisotopic (exact) mass is 311 g/mol. The molecule has 1 aliphatic carbocycles. The van der Waals surface area contributed by atoms with E-state index in [1.54, 1.807) is 12.1 Å². The molecule has 6 heteroatoms. The third kappa shape index (κ3) is 4.15. The lowest BCUT2D eigenvalue weighted by molar-refractivity contribution is -0.385. The fraction of sp³-hybridized carbons (Fsp3) is 0.600. The number of nitro benzene ring substituents is 1. The van der Waals surface area contributed by atoms with Gasteiger partial charge in [-0.15, -0.1) is 0 Å². The Balaban J connectivity index is 2.03. The maximum Gasteiger partial charge on any atom is 0.275 e. The minimum atomic E-state index is -0.354. The van der Waals surface area contributed by atoms with E-state index >= 15 is 0 Å². The van der Waals surface area contributed by atoms with E-state index in [0.717, 1.165) is 31.2 Å². The Hall–Kier alpha value is -1.17. The molecule has 0 amide bonds. The highest BCUT2D eigenvalue weighted by Crippen LogP contribution is 2.27. The maximum absolute atomic E-state index is 11.1. The number of hydrogen-bond acceptors (Lipinski definition) is 4. The second-order valence-corrected chi connectivity index (χ2v) is 6.18. The Morgan fingerprint density at radius 2 is 2.05 bits per heavy atom. The van der Waals surface area contributed by atoms with Crippen molar-refractivity contribution in [3.8, 4) is 0 Å². The Kier molecular flexibility index (Phi) is 5.56. The highest BCUT2D eigenvalue weighted by molar-refractivity contribution is 6.30. The van der Waals surface area contributed by atoms with E-state index in [-0.39, 0.29) is 10.6 Å². The first-order valence-electron chi connectivity index (χ1n) is 7.31. The normalized spacial score (nSPS) is 22.5. The van der Waals surface area contributed by atoms with Crippen LogP contribution in [-0.4, -0.2) is 36.0 Å². The molecule has 1 aromatic carbocycles. The van der Waals surface area contributed by atoms with Crippen molar-refractivity contribution in [3.63, 3.8) is 0 Å². The minimum absolute atomic E-state index is 0.110. The smallest absolute Gasteiger partial charge is 0.275 e. The molecule has 0 saturated heterocycles. The summed E-state index contributed by atoms with van der Waals surface area (Å²) < 4.78 is 0. The predicted octanol–water partition coefficient (Wildman–Crippen LogP) is 3.21. The van der Waals surface area contributed by atoms with Crippen LogP contribution in [0, 0.1) is 10.1 Å². The summed E-state index contributed by atoms with van der Waals surface area (Å²) in [5.74, 6) is 0. The molecule has 0 unspecified atom stereocenters. The summed E-state index contributed by atoms with van der Waals surface area (Å²) in [6.07, 6.45) is 4.58. The number of nitrogens with zero attached hydrogens (tertiary/aromatic N) is 2. The van der Waals surface area contributed by atoms with Crippen LogP contribution in [0.5, 0.6) is 0 Å². The lowest BCUT2D eigenvalue weighted by Crippen LogP contribution is -2.39. The molecular formula is C15H22ClN3O2. The van der Waals surface area contributed by atoms with Gasteiger partial charge >= 0.3 is 0 Å². The van der Waals surface area contributed by atoms with E-state index in [2.05, 4.69) is 10.2 Å². The first kappa shape index (κ1) is 16.2. The molecule has 116 valence electrons. The zero-order valence-corrected chi connectivity index (χ0v) is 13.3. The molecule has 0 aromatic heterocycles. The van der Waals surface area contributed by atoms with Gasteiger partial charge in [-0.2, -0.15) is 0 Å². The van der Waals surface area contributed by atoms with Crippen molar-refractivity contribution in [1.82, 2.24) is 10.2 Å². The van der Waals surface area contributed by atoms with Crippen molar-refractivity contribution in [2.75, 3.05) is 14.1 Å². The van der Waals surface area contributed by atoms with Gasteiger partial charge in [-0.05, 0) is 51.9 Å². The lowest BCUT2D eigenvalue weighted by atomic mass is 9.90. The van der Waals surface area contributed by atoms with Gasteiger partial charge in [-0.1, -0.05) is 11.6 Å². The van der Waals surface area contributed by atoms with Crippen molar-refractivity contribution in [2.45, 2.75) is 44.3 Å². The molecule has 0 aliphatic heterocycles. The third-order valence-electron chi connectivity index (χ3n) is 4.39. The fourth-order valence-corrected chi connectivity index (χ4v) is 3.21. The molecule has 1 aromatic rings. The van der Waals surface area contributed by atoms with Crippen molar-refractivity contribution < 1.29 is 4.92 Å². The van der Waals surface area contributed by atoms with E-state index in [9.17, 15) is 10.1 Å². The van der Waals surface area contributed by atoms with Gasteiger partial charge in [0, 0.05) is 35.3 Å². The molecule has 1 saturated carbocycles. The second kappa shape index (κ2) is 7.20. The highest BCUT2D eigenvalue weighted by Gasteiger charge is 2.24. The summed E-state index contributed by atoms with van der Waals surface area (Å²) in [5, 5.41) is 14.9. The number of rotatable bonds is 5. The number of halogens is 1. The molecule has 2 rings (SSSR count). The molecule has 1 fully saturated rings. The average molecular weight is 312 g/mol. The molecule has 5 nitrogen and oxygen atoms in total. The molecule has 0 bridgehead atoms. The zero-order valence-electron chi connectivity index (χ0n) is 12.5. The molecule has 21 heavy (non-hydrogen) atoms. The number of benzene rings is 1. The quantitative estimate of drug-likeness (QED) is 0.670. The van der Waals surface area contributed by atoms with Gasteiger partial charge in [-0.25, -0.2) is 0 Å². The summed E-state index contributed by atoms with van der Waals surface area (Å²) in [7, 11) is 4.05. The van der Waals surface area contributed by atoms with Crippen molar-refractivity contribution in [3.05, 3.63) is 38.9 Å². The van der Waals surface area contributed by atoms with E-state index in [0.29, 0.717) is 23.7 Å². The first-order chi connectivity index (χ1) is 10.0. The van der Waals surface area contributed by atoms with Gasteiger partial charge in [0.1, 0.15) is 0 Å². The van der Waals surface area contributed by atoms with E-state index in [1.807, 2.05) is 14.1 Å². The molecule has 0 heterocycles. The number of nitro groups is 1. The van der Waals surface area contributed by atoms with Gasteiger partial charge in [-0.3, -0.25) is 15.0 Å². The van der Waals surface area contributed by atoms with Crippen LogP contribution in [0.25, 0.3) is 0 Å². The SMILES string of the molecule is CNC1CCC(N(C)Cc2ccc(Cl)cc2[N+](=O)[O-])CC1. The number of hydrogen-bond donors (Lipinski definition) is 1. The zero-order chi connectivity index (χ0) is 15.4.